The third-order valence-electron chi connectivity index (χ3n) is 2.85. The van der Waals surface area contributed by atoms with Crippen LogP contribution >= 0.6 is 0 Å². The van der Waals surface area contributed by atoms with Crippen LogP contribution in [0.4, 0.5) is 4.79 Å². The number of amides is 1. The molecule has 126 valence electrons. The maximum atomic E-state index is 12.3. The van der Waals surface area contributed by atoms with Crippen LogP contribution in [0.15, 0.2) is 12.3 Å². The van der Waals surface area contributed by atoms with E-state index in [9.17, 15) is 13.2 Å². The van der Waals surface area contributed by atoms with Crippen LogP contribution in [0.1, 0.15) is 39.8 Å². The van der Waals surface area contributed by atoms with E-state index in [4.69, 9.17) is 9.29 Å². The molecule has 22 heavy (non-hydrogen) atoms. The molecule has 0 aliphatic heterocycles. The van der Waals surface area contributed by atoms with Gasteiger partial charge in [-0.3, -0.25) is 14.6 Å². The van der Waals surface area contributed by atoms with Crippen LogP contribution in [-0.2, 0) is 21.4 Å². The van der Waals surface area contributed by atoms with Crippen molar-refractivity contribution in [1.29, 1.82) is 0 Å². The van der Waals surface area contributed by atoms with E-state index in [1.54, 1.807) is 40.0 Å². The maximum absolute atomic E-state index is 12.3. The highest BCUT2D eigenvalue weighted by Crippen LogP contribution is 2.16. The number of hydrogen-bond acceptors (Lipinski definition) is 5. The van der Waals surface area contributed by atoms with Gasteiger partial charge >= 0.3 is 6.09 Å². The van der Waals surface area contributed by atoms with Crippen molar-refractivity contribution in [2.45, 2.75) is 52.3 Å². The number of rotatable bonds is 6. The second-order valence-electron chi connectivity index (χ2n) is 6.11. The van der Waals surface area contributed by atoms with Crippen molar-refractivity contribution in [1.82, 2.24) is 15.1 Å². The first-order valence-corrected chi connectivity index (χ1v) is 8.52. The molecule has 0 aromatic carbocycles. The molecule has 0 bridgehead atoms. The van der Waals surface area contributed by atoms with Gasteiger partial charge in [0.05, 0.1) is 18.0 Å². The molecule has 1 heterocycles. The lowest BCUT2D eigenvalue weighted by atomic mass is 10.2. The van der Waals surface area contributed by atoms with Gasteiger partial charge in [0.15, 0.2) is 0 Å². The number of carbonyl (C=O) groups is 1. The van der Waals surface area contributed by atoms with Crippen molar-refractivity contribution >= 4 is 16.2 Å². The summed E-state index contributed by atoms with van der Waals surface area (Å²) in [5.41, 5.74) is 0.0380. The van der Waals surface area contributed by atoms with Gasteiger partial charge in [-0.2, -0.15) is 13.5 Å². The van der Waals surface area contributed by atoms with Crippen LogP contribution in [0.25, 0.3) is 0 Å². The lowest BCUT2D eigenvalue weighted by molar-refractivity contribution is 0.0149. The quantitative estimate of drug-likeness (QED) is 0.768. The lowest BCUT2D eigenvalue weighted by Crippen LogP contribution is -2.42. The molecule has 1 aromatic heterocycles. The minimum atomic E-state index is -4.07. The first kappa shape index (κ1) is 18.4. The molecule has 0 fully saturated rings. The fraction of sp³-hybridized carbons (Fsp3) is 0.692. The van der Waals surface area contributed by atoms with Gasteiger partial charge in [0, 0.05) is 12.2 Å². The summed E-state index contributed by atoms with van der Waals surface area (Å²) < 4.78 is 36.0. The maximum Gasteiger partial charge on any atom is 0.410 e. The Morgan fingerprint density at radius 3 is 2.59 bits per heavy atom. The average molecular weight is 333 g/mol. The minimum Gasteiger partial charge on any atom is -0.444 e. The molecule has 1 atom stereocenters. The molecule has 2 N–H and O–H groups in total. The zero-order valence-electron chi connectivity index (χ0n) is 13.2. The number of aromatic amines is 1. The number of hydrogen-bond donors (Lipinski definition) is 2. The number of aromatic nitrogens is 2. The average Bonchev–Trinajstić information content (AvgIpc) is 2.82. The van der Waals surface area contributed by atoms with E-state index in [2.05, 4.69) is 10.2 Å². The minimum absolute atomic E-state index is 0.103. The van der Waals surface area contributed by atoms with Crippen molar-refractivity contribution in [2.75, 3.05) is 5.75 Å². The van der Waals surface area contributed by atoms with E-state index in [-0.39, 0.29) is 13.0 Å². The Morgan fingerprint density at radius 1 is 1.50 bits per heavy atom. The molecule has 1 amide bonds. The third-order valence-corrected chi connectivity index (χ3v) is 3.60. The normalized spacial score (nSPS) is 13.7. The SMILES string of the molecule is C[C@@H](CCS(=O)(=O)O)N(Cc1ccn[nH]1)C(=O)OC(C)(C)C. The van der Waals surface area contributed by atoms with Crippen molar-refractivity contribution in [2.24, 2.45) is 0 Å². The summed E-state index contributed by atoms with van der Waals surface area (Å²) in [5, 5.41) is 6.56. The van der Waals surface area contributed by atoms with Crippen LogP contribution in [0.2, 0.25) is 0 Å². The van der Waals surface area contributed by atoms with E-state index < -0.39 is 33.6 Å². The molecule has 0 unspecified atom stereocenters. The molecule has 1 rings (SSSR count). The van der Waals surface area contributed by atoms with Gasteiger partial charge in [-0.05, 0) is 40.2 Å². The molecule has 0 spiro atoms. The van der Waals surface area contributed by atoms with Gasteiger partial charge in [0.2, 0.25) is 0 Å². The molecule has 1 aromatic rings. The van der Waals surface area contributed by atoms with Crippen LogP contribution in [0.3, 0.4) is 0 Å². The van der Waals surface area contributed by atoms with E-state index in [1.807, 2.05) is 0 Å². The predicted octanol–water partition coefficient (Wildman–Crippen LogP) is 1.81. The zero-order valence-corrected chi connectivity index (χ0v) is 14.1. The highest BCUT2D eigenvalue weighted by Gasteiger charge is 2.27. The second-order valence-corrected chi connectivity index (χ2v) is 7.69. The van der Waals surface area contributed by atoms with Gasteiger partial charge in [0.1, 0.15) is 5.60 Å². The fourth-order valence-corrected chi connectivity index (χ4v) is 2.39. The number of nitrogens with zero attached hydrogens (tertiary/aromatic N) is 2. The summed E-state index contributed by atoms with van der Waals surface area (Å²) in [4.78, 5) is 13.7. The Balaban J connectivity index is 2.83. The predicted molar refractivity (Wildman–Crippen MR) is 80.9 cm³/mol. The summed E-state index contributed by atoms with van der Waals surface area (Å²) in [7, 11) is -4.07. The summed E-state index contributed by atoms with van der Waals surface area (Å²) >= 11 is 0. The van der Waals surface area contributed by atoms with Gasteiger partial charge in [-0.15, -0.1) is 0 Å². The van der Waals surface area contributed by atoms with E-state index in [0.29, 0.717) is 5.69 Å². The second kappa shape index (κ2) is 7.10. The molecule has 9 heteroatoms. The van der Waals surface area contributed by atoms with E-state index in [1.165, 1.54) is 4.90 Å². The first-order chi connectivity index (χ1) is 9.98. The number of ether oxygens (including phenoxy) is 1. The van der Waals surface area contributed by atoms with Gasteiger partial charge in [-0.25, -0.2) is 4.79 Å². The topological polar surface area (TPSA) is 113 Å². The van der Waals surface area contributed by atoms with Gasteiger partial charge in [0.25, 0.3) is 10.1 Å². The van der Waals surface area contributed by atoms with Gasteiger partial charge < -0.3 is 4.74 Å². The van der Waals surface area contributed by atoms with Crippen LogP contribution < -0.4 is 0 Å². The molecule has 8 nitrogen and oxygen atoms in total. The van der Waals surface area contributed by atoms with Crippen LogP contribution in [0.5, 0.6) is 0 Å². The van der Waals surface area contributed by atoms with Crippen molar-refractivity contribution in [3.05, 3.63) is 18.0 Å². The summed E-state index contributed by atoms with van der Waals surface area (Å²) in [5.74, 6) is -0.420. The highest BCUT2D eigenvalue weighted by atomic mass is 32.2. The Kier molecular flexibility index (Phi) is 5.95. The van der Waals surface area contributed by atoms with Crippen molar-refractivity contribution < 1.29 is 22.5 Å². The Hall–Kier alpha value is -1.61. The summed E-state index contributed by atoms with van der Waals surface area (Å²) in [6.45, 7) is 7.17. The smallest absolute Gasteiger partial charge is 0.410 e. The van der Waals surface area contributed by atoms with E-state index >= 15 is 0 Å². The Morgan fingerprint density at radius 2 is 2.14 bits per heavy atom. The molecule has 0 radical (unpaired) electrons. The van der Waals surface area contributed by atoms with Crippen LogP contribution in [-0.4, -0.2) is 51.6 Å². The molecule has 0 aliphatic rings. The molecule has 0 saturated heterocycles. The number of carbonyl (C=O) groups excluding carboxylic acids is 1. The number of nitrogens with one attached hydrogen (secondary N) is 1. The standard InChI is InChI=1S/C13H23N3O5S/c1-10(6-8-22(18,19)20)16(9-11-5-7-14-15-11)12(17)21-13(2,3)4/h5,7,10H,6,8-9H2,1-4H3,(H,14,15)(H,18,19,20)/t10-/m0/s1. The molecule has 0 aliphatic carbocycles. The molecular formula is C13H23N3O5S. The summed E-state index contributed by atoms with van der Waals surface area (Å²) in [6.07, 6.45) is 1.11. The monoisotopic (exact) mass is 333 g/mol. The Labute approximate surface area is 130 Å². The molecule has 0 saturated carbocycles. The summed E-state index contributed by atoms with van der Waals surface area (Å²) in [6, 6.07) is 1.28. The van der Waals surface area contributed by atoms with Crippen molar-refractivity contribution in [3.63, 3.8) is 0 Å². The Bertz CT molecular complexity index is 577. The highest BCUT2D eigenvalue weighted by molar-refractivity contribution is 7.85. The fourth-order valence-electron chi connectivity index (χ4n) is 1.75. The van der Waals surface area contributed by atoms with Crippen LogP contribution in [0, 0.1) is 0 Å². The van der Waals surface area contributed by atoms with Gasteiger partial charge in [-0.1, -0.05) is 0 Å². The molecular weight excluding hydrogens is 310 g/mol. The lowest BCUT2D eigenvalue weighted by Gasteiger charge is -2.31. The number of H-pyrrole nitrogens is 1. The van der Waals surface area contributed by atoms with Crippen molar-refractivity contribution in [3.8, 4) is 0 Å². The first-order valence-electron chi connectivity index (χ1n) is 6.91. The zero-order chi connectivity index (χ0) is 17.0. The largest absolute Gasteiger partial charge is 0.444 e. The third kappa shape index (κ3) is 6.90. The van der Waals surface area contributed by atoms with E-state index in [0.717, 1.165) is 0 Å².